The second-order valence-corrected chi connectivity index (χ2v) is 2.17. The Morgan fingerprint density at radius 2 is 1.82 bits per heavy atom. The summed E-state index contributed by atoms with van der Waals surface area (Å²) in [7, 11) is 0.375. The Morgan fingerprint density at radius 1 is 1.36 bits per heavy atom. The second-order valence-electron chi connectivity index (χ2n) is 1.77. The van der Waals surface area contributed by atoms with Crippen molar-refractivity contribution in [3.05, 3.63) is 0 Å². The molecule has 5 heteroatoms. The first-order chi connectivity index (χ1) is 5.26. The summed E-state index contributed by atoms with van der Waals surface area (Å²) in [5.41, 5.74) is 0. The molecule has 0 spiro atoms. The third kappa shape index (κ3) is 4.13. The largest absolute Gasteiger partial charge is 0.525 e. The molecule has 0 unspecified atom stereocenters. The Hall–Kier alpha value is -0.393. The average Bonchev–Trinajstić information content (AvgIpc) is 2.03. The molecule has 0 aliphatic heterocycles. The van der Waals surface area contributed by atoms with Crippen molar-refractivity contribution in [3.8, 4) is 0 Å². The summed E-state index contributed by atoms with van der Waals surface area (Å²) in [5, 5.41) is 0. The summed E-state index contributed by atoms with van der Waals surface area (Å²) < 4.78 is 14.5. The summed E-state index contributed by atoms with van der Waals surface area (Å²) >= 11 is 0. The first kappa shape index (κ1) is 10.6. The van der Waals surface area contributed by atoms with Gasteiger partial charge in [0.1, 0.15) is 0 Å². The van der Waals surface area contributed by atoms with Crippen molar-refractivity contribution >= 4 is 16.5 Å². The topological polar surface area (TPSA) is 44.8 Å². The van der Waals surface area contributed by atoms with E-state index in [1.165, 1.54) is 0 Å². The maximum absolute atomic E-state index is 10.9. The Kier molecular flexibility index (Phi) is 6.10. The van der Waals surface area contributed by atoms with Crippen LogP contribution in [0, 0.1) is 0 Å². The van der Waals surface area contributed by atoms with E-state index >= 15 is 0 Å². The highest BCUT2D eigenvalue weighted by Crippen LogP contribution is 1.96. The molecule has 0 N–H and O–H groups in total. The van der Waals surface area contributed by atoms with E-state index in [-0.39, 0.29) is 0 Å². The highest BCUT2D eigenvalue weighted by molar-refractivity contribution is 6.05. The molecule has 0 aliphatic rings. The SMILES string of the molecule is CCOC(OCC)C(=O)O[SiH3]. The molecule has 0 rings (SSSR count). The Balaban J connectivity index is 3.76. The fourth-order valence-electron chi connectivity index (χ4n) is 0.583. The molecule has 0 atom stereocenters. The summed E-state index contributed by atoms with van der Waals surface area (Å²) in [5.74, 6) is -0.430. The summed E-state index contributed by atoms with van der Waals surface area (Å²) in [4.78, 5) is 10.9. The van der Waals surface area contributed by atoms with Crippen molar-refractivity contribution in [3.63, 3.8) is 0 Å². The lowest BCUT2D eigenvalue weighted by molar-refractivity contribution is -0.184. The summed E-state index contributed by atoms with van der Waals surface area (Å²) in [6.45, 7) is 4.49. The molecule has 0 radical (unpaired) electrons. The van der Waals surface area contributed by atoms with E-state index in [0.29, 0.717) is 23.7 Å². The van der Waals surface area contributed by atoms with Gasteiger partial charge < -0.3 is 13.9 Å². The number of carbonyl (C=O) groups is 1. The predicted molar refractivity (Wildman–Crippen MR) is 43.1 cm³/mol. The van der Waals surface area contributed by atoms with Crippen molar-refractivity contribution in [2.24, 2.45) is 0 Å². The smallest absolute Gasteiger partial charge is 0.349 e. The molecule has 0 saturated carbocycles. The molecule has 66 valence electrons. The number of hydrogen-bond acceptors (Lipinski definition) is 4. The minimum atomic E-state index is -0.831. The van der Waals surface area contributed by atoms with Gasteiger partial charge in [-0.05, 0) is 13.8 Å². The summed E-state index contributed by atoms with van der Waals surface area (Å²) in [6.07, 6.45) is -0.831. The molecule has 0 heterocycles. The van der Waals surface area contributed by atoms with E-state index in [2.05, 4.69) is 4.43 Å². The highest BCUT2D eigenvalue weighted by Gasteiger charge is 2.17. The Morgan fingerprint density at radius 3 is 2.09 bits per heavy atom. The van der Waals surface area contributed by atoms with Crippen LogP contribution < -0.4 is 0 Å². The molecule has 0 aliphatic carbocycles. The minimum Gasteiger partial charge on any atom is -0.525 e. The second kappa shape index (κ2) is 6.33. The van der Waals surface area contributed by atoms with Crippen LogP contribution in [0.2, 0.25) is 0 Å². The van der Waals surface area contributed by atoms with E-state index in [0.717, 1.165) is 0 Å². The molecular formula is C6H14O4Si. The van der Waals surface area contributed by atoms with Crippen molar-refractivity contribution in [2.45, 2.75) is 20.1 Å². The number of rotatable bonds is 5. The molecule has 0 bridgehead atoms. The van der Waals surface area contributed by atoms with Gasteiger partial charge in [-0.2, -0.15) is 0 Å². The van der Waals surface area contributed by atoms with Crippen molar-refractivity contribution in [1.29, 1.82) is 0 Å². The van der Waals surface area contributed by atoms with E-state index < -0.39 is 12.3 Å². The lowest BCUT2D eigenvalue weighted by Crippen LogP contribution is -2.28. The van der Waals surface area contributed by atoms with Crippen LogP contribution in [0.4, 0.5) is 0 Å². The van der Waals surface area contributed by atoms with Crippen LogP contribution in [-0.4, -0.2) is 36.0 Å². The van der Waals surface area contributed by atoms with E-state index in [9.17, 15) is 4.79 Å². The lowest BCUT2D eigenvalue weighted by atomic mass is 10.6. The van der Waals surface area contributed by atoms with Gasteiger partial charge in [0, 0.05) is 13.2 Å². The van der Waals surface area contributed by atoms with Gasteiger partial charge >= 0.3 is 5.97 Å². The van der Waals surface area contributed by atoms with Gasteiger partial charge in [-0.25, -0.2) is 4.79 Å². The van der Waals surface area contributed by atoms with E-state index in [1.807, 2.05) is 0 Å². The third-order valence-corrected chi connectivity index (χ3v) is 1.43. The number of carbonyl (C=O) groups excluding carboxylic acids is 1. The van der Waals surface area contributed by atoms with Crippen molar-refractivity contribution < 1.29 is 18.7 Å². The molecule has 0 aromatic rings. The van der Waals surface area contributed by atoms with Gasteiger partial charge in [0.05, 0.1) is 0 Å². The quantitative estimate of drug-likeness (QED) is 0.409. The highest BCUT2D eigenvalue weighted by atomic mass is 28.2. The van der Waals surface area contributed by atoms with Gasteiger partial charge in [-0.1, -0.05) is 0 Å². The first-order valence-corrected chi connectivity index (χ1v) is 4.38. The fourth-order valence-corrected chi connectivity index (χ4v) is 0.776. The maximum atomic E-state index is 10.9. The monoisotopic (exact) mass is 178 g/mol. The predicted octanol–water partition coefficient (Wildman–Crippen LogP) is -0.791. The molecule has 0 fully saturated rings. The van der Waals surface area contributed by atoms with Gasteiger partial charge in [0.25, 0.3) is 6.29 Å². The molecule has 0 amide bonds. The zero-order valence-electron chi connectivity index (χ0n) is 7.12. The van der Waals surface area contributed by atoms with E-state index in [4.69, 9.17) is 9.47 Å². The Labute approximate surface area is 69.4 Å². The van der Waals surface area contributed by atoms with Crippen LogP contribution in [-0.2, 0) is 18.7 Å². The number of ether oxygens (including phenoxy) is 2. The standard InChI is InChI=1S/C6H14O4Si/c1-3-8-6(9-4-2)5(7)10-11/h6H,3-4H2,1-2,11H3. The lowest BCUT2D eigenvalue weighted by Gasteiger charge is -2.13. The normalized spacial score (nSPS) is 10.5. The van der Waals surface area contributed by atoms with Crippen molar-refractivity contribution in [1.82, 2.24) is 0 Å². The first-order valence-electron chi connectivity index (χ1n) is 3.57. The number of hydrogen-bond donors (Lipinski definition) is 0. The fraction of sp³-hybridized carbons (Fsp3) is 0.833. The zero-order valence-corrected chi connectivity index (χ0v) is 9.12. The molecule has 11 heavy (non-hydrogen) atoms. The summed E-state index contributed by atoms with van der Waals surface area (Å²) in [6, 6.07) is 0. The molecule has 0 aromatic carbocycles. The van der Waals surface area contributed by atoms with Crippen LogP contribution in [0.3, 0.4) is 0 Å². The Bertz CT molecular complexity index is 111. The van der Waals surface area contributed by atoms with Crippen LogP contribution in [0.25, 0.3) is 0 Å². The average molecular weight is 178 g/mol. The van der Waals surface area contributed by atoms with E-state index in [1.54, 1.807) is 13.8 Å². The van der Waals surface area contributed by atoms with Crippen LogP contribution >= 0.6 is 0 Å². The van der Waals surface area contributed by atoms with Gasteiger partial charge in [0.15, 0.2) is 0 Å². The minimum absolute atomic E-state index is 0.375. The maximum Gasteiger partial charge on any atom is 0.349 e. The van der Waals surface area contributed by atoms with Crippen molar-refractivity contribution in [2.75, 3.05) is 13.2 Å². The van der Waals surface area contributed by atoms with Gasteiger partial charge in [0.2, 0.25) is 10.5 Å². The van der Waals surface area contributed by atoms with Crippen LogP contribution in [0.15, 0.2) is 0 Å². The van der Waals surface area contributed by atoms with Crippen LogP contribution in [0.1, 0.15) is 13.8 Å². The molecule has 0 saturated heterocycles. The molecular weight excluding hydrogens is 164 g/mol. The molecule has 0 aromatic heterocycles. The zero-order chi connectivity index (χ0) is 8.69. The third-order valence-electron chi connectivity index (χ3n) is 1.03. The van der Waals surface area contributed by atoms with Crippen LogP contribution in [0.5, 0.6) is 0 Å². The van der Waals surface area contributed by atoms with Gasteiger partial charge in [-0.15, -0.1) is 0 Å². The van der Waals surface area contributed by atoms with Gasteiger partial charge in [-0.3, -0.25) is 0 Å². The molecule has 4 nitrogen and oxygen atoms in total.